The lowest BCUT2D eigenvalue weighted by Crippen LogP contribution is -2.53. The highest BCUT2D eigenvalue weighted by Crippen LogP contribution is 2.66. The molecule has 4 aliphatic rings. The Morgan fingerprint density at radius 3 is 2.50 bits per heavy atom. The summed E-state index contributed by atoms with van der Waals surface area (Å²) in [4.78, 5) is 11.9. The average Bonchev–Trinajstić information content (AvgIpc) is 2.91. The van der Waals surface area contributed by atoms with E-state index >= 15 is 0 Å². The second-order valence-corrected chi connectivity index (χ2v) is 9.86. The van der Waals surface area contributed by atoms with Crippen LogP contribution >= 0.6 is 0 Å². The van der Waals surface area contributed by atoms with E-state index in [2.05, 4.69) is 13.8 Å². The van der Waals surface area contributed by atoms with Crippen LogP contribution in [0.1, 0.15) is 91.4 Å². The van der Waals surface area contributed by atoms with E-state index in [1.807, 2.05) is 6.92 Å². The molecule has 0 amide bonds. The van der Waals surface area contributed by atoms with Crippen molar-refractivity contribution in [2.75, 3.05) is 0 Å². The highest BCUT2D eigenvalue weighted by atomic mass is 16.5. The molecule has 0 bridgehead atoms. The number of hydrogen-bond acceptors (Lipinski definition) is 2. The van der Waals surface area contributed by atoms with Gasteiger partial charge in [-0.15, -0.1) is 0 Å². The monoisotopic (exact) mass is 332 g/mol. The van der Waals surface area contributed by atoms with Crippen molar-refractivity contribution < 1.29 is 9.53 Å². The molecule has 0 heterocycles. The fourth-order valence-electron chi connectivity index (χ4n) is 7.68. The van der Waals surface area contributed by atoms with Crippen molar-refractivity contribution in [3.05, 3.63) is 0 Å². The standard InChI is InChI=1S/C22H36O2/c1-4-20(23)24-19-11-10-17-16-9-8-15-7-5-6-13-21(15,2)18(16)12-14-22(17,19)3/h15-19H,4-14H2,1-3H3/t15?,16-,17-,18-,19-,21-,22-/m0/s1. The highest BCUT2D eigenvalue weighted by Gasteiger charge is 2.60. The average molecular weight is 333 g/mol. The first-order valence-corrected chi connectivity index (χ1v) is 10.7. The van der Waals surface area contributed by atoms with Gasteiger partial charge in [-0.1, -0.05) is 33.6 Å². The van der Waals surface area contributed by atoms with Crippen LogP contribution in [0.3, 0.4) is 0 Å². The number of esters is 1. The summed E-state index contributed by atoms with van der Waals surface area (Å²) in [5.74, 6) is 3.63. The van der Waals surface area contributed by atoms with Crippen molar-refractivity contribution in [2.24, 2.45) is 34.5 Å². The summed E-state index contributed by atoms with van der Waals surface area (Å²) in [6, 6.07) is 0. The molecule has 0 radical (unpaired) electrons. The molecule has 0 saturated heterocycles. The lowest BCUT2D eigenvalue weighted by atomic mass is 9.45. The van der Waals surface area contributed by atoms with E-state index in [9.17, 15) is 4.79 Å². The van der Waals surface area contributed by atoms with Crippen LogP contribution in [0.4, 0.5) is 0 Å². The van der Waals surface area contributed by atoms with Gasteiger partial charge < -0.3 is 4.74 Å². The maximum absolute atomic E-state index is 11.9. The molecule has 0 aliphatic heterocycles. The van der Waals surface area contributed by atoms with E-state index in [1.54, 1.807) is 0 Å². The Morgan fingerprint density at radius 2 is 1.71 bits per heavy atom. The number of fused-ring (bicyclic) bond motifs is 5. The van der Waals surface area contributed by atoms with Gasteiger partial charge in [-0.3, -0.25) is 4.79 Å². The molecule has 24 heavy (non-hydrogen) atoms. The van der Waals surface area contributed by atoms with E-state index in [0.717, 1.165) is 30.1 Å². The van der Waals surface area contributed by atoms with E-state index in [-0.39, 0.29) is 17.5 Å². The lowest BCUT2D eigenvalue weighted by molar-refractivity contribution is -0.163. The SMILES string of the molecule is CCC(=O)O[C@H]1CC[C@H]2[C@@H]3CCC4CCCC[C@]4(C)[C@H]3CC[C@]12C. The summed E-state index contributed by atoms with van der Waals surface area (Å²) in [7, 11) is 0. The van der Waals surface area contributed by atoms with Crippen LogP contribution < -0.4 is 0 Å². The Hall–Kier alpha value is -0.530. The molecule has 0 N–H and O–H groups in total. The van der Waals surface area contributed by atoms with E-state index in [0.29, 0.717) is 11.8 Å². The van der Waals surface area contributed by atoms with Crippen molar-refractivity contribution in [2.45, 2.75) is 97.5 Å². The van der Waals surface area contributed by atoms with Crippen molar-refractivity contribution >= 4 is 5.97 Å². The summed E-state index contributed by atoms with van der Waals surface area (Å²) in [5, 5.41) is 0. The van der Waals surface area contributed by atoms with Gasteiger partial charge >= 0.3 is 5.97 Å². The Balaban J connectivity index is 1.56. The molecule has 4 aliphatic carbocycles. The van der Waals surface area contributed by atoms with Gasteiger partial charge in [-0.2, -0.15) is 0 Å². The highest BCUT2D eigenvalue weighted by molar-refractivity contribution is 5.69. The zero-order valence-electron chi connectivity index (χ0n) is 16.0. The van der Waals surface area contributed by atoms with Gasteiger partial charge in [0.25, 0.3) is 0 Å². The maximum atomic E-state index is 11.9. The molecule has 0 aromatic rings. The Bertz CT molecular complexity index is 500. The summed E-state index contributed by atoms with van der Waals surface area (Å²) >= 11 is 0. The molecular formula is C22H36O2. The van der Waals surface area contributed by atoms with Crippen LogP contribution in [0.2, 0.25) is 0 Å². The second-order valence-electron chi connectivity index (χ2n) is 9.86. The van der Waals surface area contributed by atoms with E-state index in [1.165, 1.54) is 57.8 Å². The Labute approximate surface area is 148 Å². The van der Waals surface area contributed by atoms with Crippen LogP contribution in [0, 0.1) is 34.5 Å². The molecule has 136 valence electrons. The van der Waals surface area contributed by atoms with Gasteiger partial charge in [-0.25, -0.2) is 0 Å². The van der Waals surface area contributed by atoms with Gasteiger partial charge in [0.2, 0.25) is 0 Å². The lowest BCUT2D eigenvalue weighted by Gasteiger charge is -2.60. The first-order valence-electron chi connectivity index (χ1n) is 10.7. The topological polar surface area (TPSA) is 26.3 Å². The molecule has 0 aromatic carbocycles. The zero-order chi connectivity index (χ0) is 16.9. The third-order valence-corrected chi connectivity index (χ3v) is 9.06. The quantitative estimate of drug-likeness (QED) is 0.603. The first-order chi connectivity index (χ1) is 11.5. The number of rotatable bonds is 2. The number of carbonyl (C=O) groups excluding carboxylic acids is 1. The third-order valence-electron chi connectivity index (χ3n) is 9.06. The minimum absolute atomic E-state index is 0.00643. The number of hydrogen-bond donors (Lipinski definition) is 0. The maximum Gasteiger partial charge on any atom is 0.305 e. The van der Waals surface area contributed by atoms with Crippen molar-refractivity contribution in [3.63, 3.8) is 0 Å². The Morgan fingerprint density at radius 1 is 0.917 bits per heavy atom. The van der Waals surface area contributed by atoms with Gasteiger partial charge in [0.15, 0.2) is 0 Å². The smallest absolute Gasteiger partial charge is 0.305 e. The van der Waals surface area contributed by atoms with Gasteiger partial charge in [-0.05, 0) is 80.5 Å². The molecule has 0 spiro atoms. The fraction of sp³-hybridized carbons (Fsp3) is 0.955. The van der Waals surface area contributed by atoms with Crippen LogP contribution in [0.15, 0.2) is 0 Å². The minimum Gasteiger partial charge on any atom is -0.462 e. The van der Waals surface area contributed by atoms with Gasteiger partial charge in [0.05, 0.1) is 0 Å². The van der Waals surface area contributed by atoms with Crippen LogP contribution in [0.5, 0.6) is 0 Å². The molecule has 4 rings (SSSR count). The minimum atomic E-state index is 0.00643. The molecule has 4 saturated carbocycles. The second kappa shape index (κ2) is 6.02. The summed E-state index contributed by atoms with van der Waals surface area (Å²) < 4.78 is 5.91. The van der Waals surface area contributed by atoms with Crippen molar-refractivity contribution in [1.29, 1.82) is 0 Å². The van der Waals surface area contributed by atoms with E-state index < -0.39 is 0 Å². The van der Waals surface area contributed by atoms with Crippen LogP contribution in [-0.2, 0) is 9.53 Å². The number of ether oxygens (including phenoxy) is 1. The normalized spacial score (nSPS) is 50.5. The first kappa shape index (κ1) is 16.9. The third kappa shape index (κ3) is 2.38. The van der Waals surface area contributed by atoms with E-state index in [4.69, 9.17) is 4.74 Å². The zero-order valence-corrected chi connectivity index (χ0v) is 16.0. The molecule has 0 aromatic heterocycles. The van der Waals surface area contributed by atoms with Crippen molar-refractivity contribution in [3.8, 4) is 0 Å². The fourth-order valence-corrected chi connectivity index (χ4v) is 7.68. The van der Waals surface area contributed by atoms with Crippen molar-refractivity contribution in [1.82, 2.24) is 0 Å². The molecule has 2 nitrogen and oxygen atoms in total. The Kier molecular flexibility index (Phi) is 4.24. The van der Waals surface area contributed by atoms with Gasteiger partial charge in [0.1, 0.15) is 6.10 Å². The summed E-state index contributed by atoms with van der Waals surface area (Å²) in [5.41, 5.74) is 0.866. The molecule has 1 unspecified atom stereocenters. The van der Waals surface area contributed by atoms with Gasteiger partial charge in [0, 0.05) is 11.8 Å². The van der Waals surface area contributed by atoms with Crippen LogP contribution in [0.25, 0.3) is 0 Å². The summed E-state index contributed by atoms with van der Waals surface area (Å²) in [6.45, 7) is 7.00. The molecular weight excluding hydrogens is 296 g/mol. The summed E-state index contributed by atoms with van der Waals surface area (Å²) in [6.07, 6.45) is 14.5. The molecule has 2 heteroatoms. The number of carbonyl (C=O) groups is 1. The molecule has 4 fully saturated rings. The van der Waals surface area contributed by atoms with Crippen LogP contribution in [-0.4, -0.2) is 12.1 Å². The predicted octanol–water partition coefficient (Wildman–Crippen LogP) is 5.74. The molecule has 7 atom stereocenters. The predicted molar refractivity (Wildman–Crippen MR) is 96.5 cm³/mol. The largest absolute Gasteiger partial charge is 0.462 e.